The molecule has 21 heteroatoms. The van der Waals surface area contributed by atoms with Crippen molar-refractivity contribution in [1.29, 1.82) is 0 Å². The Hall–Kier alpha value is -3.38. The standard InChI is InChI=1S/C40H77N7O14/c1-33(48)34(42-2)9-4-6-15-45-39(52)31-60-29-27-58-25-26-59-28-30-61-32-47-37(50)12-8-11-36(49)46-16-18-55-20-22-57-24-23-56-21-19-54-17-13-38(51)44-14-7-5-10-35(43-3)40(41)53/h34-35,42-43H,4-32H2,1-3H3,(H2,41,53)(H,44,51)(H,45,52)(H,46,49)(H,47,50)/t34-,35-/m0/s1. The maximum Gasteiger partial charge on any atom is 0.245 e. The Kier molecular flexibility index (Phi) is 40.9. The molecule has 8 N–H and O–H groups in total. The fraction of sp³-hybridized carbons (Fsp3) is 0.850. The van der Waals surface area contributed by atoms with Gasteiger partial charge >= 0.3 is 0 Å². The number of carbonyl (C=O) groups excluding carboxylic acids is 6. The van der Waals surface area contributed by atoms with Gasteiger partial charge in [0.05, 0.1) is 105 Å². The summed E-state index contributed by atoms with van der Waals surface area (Å²) in [5.41, 5.74) is 5.28. The Morgan fingerprint density at radius 2 is 0.836 bits per heavy atom. The zero-order chi connectivity index (χ0) is 45.0. The average molecular weight is 880 g/mol. The van der Waals surface area contributed by atoms with Gasteiger partial charge in [0.25, 0.3) is 0 Å². The third-order valence-electron chi connectivity index (χ3n) is 8.70. The number of unbranched alkanes of at least 4 members (excludes halogenated alkanes) is 2. The number of likely N-dealkylation sites (N-methyl/N-ethyl adjacent to an activating group) is 2. The van der Waals surface area contributed by atoms with Gasteiger partial charge in [-0.15, -0.1) is 0 Å². The van der Waals surface area contributed by atoms with Crippen LogP contribution in [0, 0.1) is 0 Å². The normalized spacial score (nSPS) is 12.1. The van der Waals surface area contributed by atoms with E-state index in [0.29, 0.717) is 118 Å². The molecule has 0 unspecified atom stereocenters. The lowest BCUT2D eigenvalue weighted by atomic mass is 10.1. The minimum Gasteiger partial charge on any atom is -0.379 e. The van der Waals surface area contributed by atoms with Crippen LogP contribution in [-0.2, 0) is 66.7 Å². The van der Waals surface area contributed by atoms with Gasteiger partial charge < -0.3 is 75.5 Å². The van der Waals surface area contributed by atoms with Gasteiger partial charge in [-0.1, -0.05) is 0 Å². The fourth-order valence-corrected chi connectivity index (χ4v) is 5.22. The highest BCUT2D eigenvalue weighted by Gasteiger charge is 2.12. The Bertz CT molecular complexity index is 1140. The summed E-state index contributed by atoms with van der Waals surface area (Å²) in [6, 6.07) is -0.483. The van der Waals surface area contributed by atoms with Gasteiger partial charge in [-0.3, -0.25) is 28.8 Å². The van der Waals surface area contributed by atoms with E-state index in [-0.39, 0.29) is 86.6 Å². The van der Waals surface area contributed by atoms with Crippen LogP contribution in [0.4, 0.5) is 0 Å². The third kappa shape index (κ3) is 40.5. The summed E-state index contributed by atoms with van der Waals surface area (Å²) in [7, 11) is 3.46. The topological polar surface area (TPSA) is 274 Å². The molecule has 0 aromatic carbocycles. The second kappa shape index (κ2) is 43.3. The zero-order valence-electron chi connectivity index (χ0n) is 37.0. The molecule has 2 atom stereocenters. The number of ketones is 1. The molecule has 356 valence electrons. The van der Waals surface area contributed by atoms with Crippen LogP contribution < -0.4 is 37.6 Å². The van der Waals surface area contributed by atoms with Crippen molar-refractivity contribution in [1.82, 2.24) is 31.9 Å². The zero-order valence-corrected chi connectivity index (χ0v) is 37.0. The first kappa shape index (κ1) is 57.6. The highest BCUT2D eigenvalue weighted by Crippen LogP contribution is 2.02. The van der Waals surface area contributed by atoms with Gasteiger partial charge in [-0.2, -0.15) is 0 Å². The third-order valence-corrected chi connectivity index (χ3v) is 8.70. The van der Waals surface area contributed by atoms with E-state index in [9.17, 15) is 28.8 Å². The SMILES string of the molecule is CN[C@@H](CCCCNC(=O)COCCOCCOCCOCNC(=O)CCCC(=O)NCCOCCOCCOCCOCCC(=O)NCCCC[C@H](NC)C(N)=O)C(C)=O. The molecule has 0 aliphatic heterocycles. The van der Waals surface area contributed by atoms with Gasteiger partial charge in [0.1, 0.15) is 19.1 Å². The molecule has 0 saturated carbocycles. The molecule has 21 nitrogen and oxygen atoms in total. The largest absolute Gasteiger partial charge is 0.379 e. The fourth-order valence-electron chi connectivity index (χ4n) is 5.22. The molecule has 0 spiro atoms. The van der Waals surface area contributed by atoms with E-state index >= 15 is 0 Å². The van der Waals surface area contributed by atoms with Crippen LogP contribution in [-0.4, -0.2) is 187 Å². The van der Waals surface area contributed by atoms with Crippen molar-refractivity contribution in [2.24, 2.45) is 5.73 Å². The van der Waals surface area contributed by atoms with Crippen molar-refractivity contribution in [3.8, 4) is 0 Å². The average Bonchev–Trinajstić information content (AvgIpc) is 3.23. The molecule has 0 rings (SSSR count). The van der Waals surface area contributed by atoms with Crippen LogP contribution in [0.1, 0.15) is 71.1 Å². The summed E-state index contributed by atoms with van der Waals surface area (Å²) < 4.78 is 43.2. The highest BCUT2D eigenvalue weighted by atomic mass is 16.6. The summed E-state index contributed by atoms with van der Waals surface area (Å²) >= 11 is 0. The number of carbonyl (C=O) groups is 6. The van der Waals surface area contributed by atoms with E-state index in [0.717, 1.165) is 32.1 Å². The van der Waals surface area contributed by atoms with Crippen LogP contribution in [0.25, 0.3) is 0 Å². The van der Waals surface area contributed by atoms with E-state index in [1.807, 2.05) is 0 Å². The summed E-state index contributed by atoms with van der Waals surface area (Å²) in [5.74, 6) is -0.914. The molecule has 0 heterocycles. The van der Waals surface area contributed by atoms with Crippen LogP contribution in [0.5, 0.6) is 0 Å². The Labute approximate surface area is 361 Å². The second-order valence-electron chi connectivity index (χ2n) is 13.7. The molecule has 0 saturated heterocycles. The van der Waals surface area contributed by atoms with Crippen molar-refractivity contribution >= 4 is 35.3 Å². The van der Waals surface area contributed by atoms with Crippen LogP contribution in [0.3, 0.4) is 0 Å². The van der Waals surface area contributed by atoms with Crippen molar-refractivity contribution in [2.45, 2.75) is 83.2 Å². The van der Waals surface area contributed by atoms with Gasteiger partial charge in [-0.05, 0) is 66.0 Å². The summed E-state index contributed by atoms with van der Waals surface area (Å²) in [6.07, 6.45) is 5.63. The molecule has 0 radical (unpaired) electrons. The molecule has 0 bridgehead atoms. The number of rotatable bonds is 46. The van der Waals surface area contributed by atoms with Crippen LogP contribution in [0.2, 0.25) is 0 Å². The first-order valence-corrected chi connectivity index (χ1v) is 21.4. The van der Waals surface area contributed by atoms with Gasteiger partial charge in [0.2, 0.25) is 29.5 Å². The van der Waals surface area contributed by atoms with Crippen LogP contribution >= 0.6 is 0 Å². The highest BCUT2D eigenvalue weighted by molar-refractivity contribution is 5.81. The van der Waals surface area contributed by atoms with Crippen LogP contribution in [0.15, 0.2) is 0 Å². The Morgan fingerprint density at radius 3 is 1.34 bits per heavy atom. The first-order valence-electron chi connectivity index (χ1n) is 21.4. The molecule has 0 aromatic rings. The molecular formula is C40H77N7O14. The summed E-state index contributed by atoms with van der Waals surface area (Å²) in [6.45, 7) is 7.92. The predicted octanol–water partition coefficient (Wildman–Crippen LogP) is -1.31. The lowest BCUT2D eigenvalue weighted by molar-refractivity contribution is -0.126. The number of ether oxygens (including phenoxy) is 8. The maximum absolute atomic E-state index is 12.0. The number of primary amides is 1. The predicted molar refractivity (Wildman–Crippen MR) is 225 cm³/mol. The second-order valence-corrected chi connectivity index (χ2v) is 13.7. The van der Waals surface area contributed by atoms with Crippen molar-refractivity contribution in [3.63, 3.8) is 0 Å². The number of amides is 5. The molecule has 0 fully saturated rings. The summed E-state index contributed by atoms with van der Waals surface area (Å²) in [4.78, 5) is 70.2. The van der Waals surface area contributed by atoms with Crippen molar-refractivity contribution in [3.05, 3.63) is 0 Å². The van der Waals surface area contributed by atoms with Gasteiger partial charge in [0.15, 0.2) is 0 Å². The Balaban J connectivity index is 3.39. The molecule has 0 aliphatic carbocycles. The molecular weight excluding hydrogens is 802 g/mol. The minimum atomic E-state index is -0.376. The van der Waals surface area contributed by atoms with E-state index < -0.39 is 0 Å². The van der Waals surface area contributed by atoms with E-state index in [2.05, 4.69) is 31.9 Å². The minimum absolute atomic E-state index is 0.0410. The van der Waals surface area contributed by atoms with Crippen molar-refractivity contribution < 1.29 is 66.7 Å². The van der Waals surface area contributed by atoms with E-state index in [1.54, 1.807) is 21.0 Å². The van der Waals surface area contributed by atoms with Crippen molar-refractivity contribution in [2.75, 3.05) is 140 Å². The smallest absolute Gasteiger partial charge is 0.245 e. The number of nitrogens with two attached hydrogens (primary N) is 1. The first-order chi connectivity index (χ1) is 29.6. The lowest BCUT2D eigenvalue weighted by Crippen LogP contribution is -2.39. The lowest BCUT2D eigenvalue weighted by Gasteiger charge is -2.12. The maximum atomic E-state index is 12.0. The number of hydrogen-bond donors (Lipinski definition) is 7. The molecule has 0 aliphatic rings. The van der Waals surface area contributed by atoms with E-state index in [1.165, 1.54) is 0 Å². The molecule has 5 amide bonds. The van der Waals surface area contributed by atoms with Gasteiger partial charge in [0, 0.05) is 38.9 Å². The Morgan fingerprint density at radius 1 is 0.426 bits per heavy atom. The van der Waals surface area contributed by atoms with Gasteiger partial charge in [-0.25, -0.2) is 0 Å². The quantitative estimate of drug-likeness (QED) is 0.0276. The number of hydrogen-bond acceptors (Lipinski definition) is 16. The molecule has 0 aromatic heterocycles. The summed E-state index contributed by atoms with van der Waals surface area (Å²) in [5, 5.41) is 16.9. The number of Topliss-reactive ketones (excluding diaryl/α,β-unsaturated/α-hetero) is 1. The number of nitrogens with one attached hydrogen (secondary N) is 6. The van der Waals surface area contributed by atoms with E-state index in [4.69, 9.17) is 43.6 Å². The monoisotopic (exact) mass is 880 g/mol. The molecule has 61 heavy (non-hydrogen) atoms.